The maximum Gasteiger partial charge on any atom is 0.573 e. The van der Waals surface area contributed by atoms with E-state index < -0.39 is 30.0 Å². The van der Waals surface area contributed by atoms with Crippen LogP contribution >= 0.6 is 0 Å². The van der Waals surface area contributed by atoms with Gasteiger partial charge in [0.1, 0.15) is 11.8 Å². The minimum absolute atomic E-state index is 0.203. The lowest BCUT2D eigenvalue weighted by atomic mass is 10.0. The molecule has 5 nitrogen and oxygen atoms in total. The first kappa shape index (κ1) is 20.3. The molecule has 0 bridgehead atoms. The van der Waals surface area contributed by atoms with Gasteiger partial charge in [-0.2, -0.15) is 0 Å². The molecule has 0 aliphatic carbocycles. The maximum absolute atomic E-state index is 12.5. The van der Waals surface area contributed by atoms with Gasteiger partial charge >= 0.3 is 6.36 Å². The van der Waals surface area contributed by atoms with Crippen molar-refractivity contribution in [2.75, 3.05) is 5.32 Å². The minimum atomic E-state index is -4.78. The molecule has 0 saturated carbocycles. The zero-order valence-electron chi connectivity index (χ0n) is 14.7. The number of anilines is 1. The first-order valence-corrected chi connectivity index (χ1v) is 8.18. The largest absolute Gasteiger partial charge is 0.573 e. The van der Waals surface area contributed by atoms with Crippen LogP contribution in [0.25, 0.3) is 0 Å². The number of ether oxygens (including phenoxy) is 1. The molecule has 0 radical (unpaired) electrons. The van der Waals surface area contributed by atoms with Crippen molar-refractivity contribution in [1.82, 2.24) is 5.32 Å². The smallest absolute Gasteiger partial charge is 0.406 e. The Labute approximate surface area is 154 Å². The average Bonchev–Trinajstić information content (AvgIpc) is 2.60. The van der Waals surface area contributed by atoms with Gasteiger partial charge in [-0.05, 0) is 42.3 Å². The molecule has 0 aliphatic rings. The molecule has 0 unspecified atom stereocenters. The Bertz CT molecular complexity index is 775. The standard InChI is InChI=1S/C19H19F3N2O3/c1-12(2)16(24-17(25)13-6-4-3-5-7-13)18(26)23-14-8-10-15(11-9-14)27-19(20,21)22/h3-12,16H,1-2H3,(H,23,26)(H,24,25)/t16-/m1/s1. The molecule has 1 atom stereocenters. The van der Waals surface area contributed by atoms with E-state index in [1.165, 1.54) is 12.1 Å². The molecule has 2 aromatic carbocycles. The van der Waals surface area contributed by atoms with E-state index in [0.29, 0.717) is 5.56 Å². The highest BCUT2D eigenvalue weighted by Gasteiger charge is 2.31. The summed E-state index contributed by atoms with van der Waals surface area (Å²) in [5.74, 6) is -1.46. The van der Waals surface area contributed by atoms with Crippen LogP contribution in [0.1, 0.15) is 24.2 Å². The molecule has 0 aromatic heterocycles. The van der Waals surface area contributed by atoms with E-state index in [1.807, 2.05) is 0 Å². The number of rotatable bonds is 6. The summed E-state index contributed by atoms with van der Waals surface area (Å²) < 4.78 is 40.3. The van der Waals surface area contributed by atoms with Crippen LogP contribution in [0.15, 0.2) is 54.6 Å². The fourth-order valence-corrected chi connectivity index (χ4v) is 2.31. The molecule has 2 amide bonds. The lowest BCUT2D eigenvalue weighted by molar-refractivity contribution is -0.274. The van der Waals surface area contributed by atoms with E-state index in [2.05, 4.69) is 15.4 Å². The predicted molar refractivity (Wildman–Crippen MR) is 94.3 cm³/mol. The molecule has 0 fully saturated rings. The number of hydrogen-bond donors (Lipinski definition) is 2. The zero-order chi connectivity index (χ0) is 20.0. The fraction of sp³-hybridized carbons (Fsp3) is 0.263. The van der Waals surface area contributed by atoms with Gasteiger partial charge in [-0.3, -0.25) is 9.59 Å². The molecular formula is C19H19F3N2O3. The van der Waals surface area contributed by atoms with E-state index >= 15 is 0 Å². The number of alkyl halides is 3. The summed E-state index contributed by atoms with van der Waals surface area (Å²) >= 11 is 0. The maximum atomic E-state index is 12.5. The number of carbonyl (C=O) groups excluding carboxylic acids is 2. The molecule has 27 heavy (non-hydrogen) atoms. The van der Waals surface area contributed by atoms with Crippen molar-refractivity contribution in [3.05, 3.63) is 60.2 Å². The van der Waals surface area contributed by atoms with Gasteiger partial charge in [-0.15, -0.1) is 13.2 Å². The third kappa shape index (κ3) is 6.32. The van der Waals surface area contributed by atoms with Gasteiger partial charge in [0.05, 0.1) is 0 Å². The summed E-state index contributed by atoms with van der Waals surface area (Å²) in [6, 6.07) is 12.4. The molecule has 2 aromatic rings. The monoisotopic (exact) mass is 380 g/mol. The quantitative estimate of drug-likeness (QED) is 0.797. The second kappa shape index (κ2) is 8.57. The van der Waals surface area contributed by atoms with Crippen molar-refractivity contribution in [2.45, 2.75) is 26.3 Å². The Balaban J connectivity index is 2.03. The van der Waals surface area contributed by atoms with Crippen molar-refractivity contribution >= 4 is 17.5 Å². The summed E-state index contributed by atoms with van der Waals surface area (Å²) in [4.78, 5) is 24.8. The Morgan fingerprint density at radius 1 is 0.963 bits per heavy atom. The van der Waals surface area contributed by atoms with Crippen molar-refractivity contribution < 1.29 is 27.5 Å². The van der Waals surface area contributed by atoms with E-state index in [9.17, 15) is 22.8 Å². The molecule has 2 N–H and O–H groups in total. The van der Waals surface area contributed by atoms with Crippen molar-refractivity contribution in [2.24, 2.45) is 5.92 Å². The van der Waals surface area contributed by atoms with Crippen LogP contribution in [-0.4, -0.2) is 24.2 Å². The number of carbonyl (C=O) groups is 2. The molecule has 0 saturated heterocycles. The normalized spacial score (nSPS) is 12.4. The van der Waals surface area contributed by atoms with Gasteiger partial charge in [0.15, 0.2) is 0 Å². The second-order valence-corrected chi connectivity index (χ2v) is 6.12. The Morgan fingerprint density at radius 3 is 2.07 bits per heavy atom. The molecule has 2 rings (SSSR count). The van der Waals surface area contributed by atoms with E-state index in [4.69, 9.17) is 0 Å². The number of amides is 2. The topological polar surface area (TPSA) is 67.4 Å². The molecule has 0 heterocycles. The Morgan fingerprint density at radius 2 is 1.56 bits per heavy atom. The van der Waals surface area contributed by atoms with E-state index in [-0.39, 0.29) is 11.6 Å². The van der Waals surface area contributed by atoms with Gasteiger partial charge in [0.2, 0.25) is 5.91 Å². The third-order valence-corrected chi connectivity index (χ3v) is 3.63. The highest BCUT2D eigenvalue weighted by Crippen LogP contribution is 2.24. The van der Waals surface area contributed by atoms with Crippen LogP contribution < -0.4 is 15.4 Å². The molecule has 144 valence electrons. The van der Waals surface area contributed by atoms with Crippen LogP contribution in [0, 0.1) is 5.92 Å². The SMILES string of the molecule is CC(C)[C@@H](NC(=O)c1ccccc1)C(=O)Nc1ccc(OC(F)(F)F)cc1. The van der Waals surface area contributed by atoms with Crippen molar-refractivity contribution in [3.8, 4) is 5.75 Å². The van der Waals surface area contributed by atoms with Gasteiger partial charge in [0, 0.05) is 11.3 Å². The Hall–Kier alpha value is -3.03. The molecule has 0 aliphatic heterocycles. The van der Waals surface area contributed by atoms with Crippen molar-refractivity contribution in [3.63, 3.8) is 0 Å². The number of hydrogen-bond acceptors (Lipinski definition) is 3. The number of benzene rings is 2. The van der Waals surface area contributed by atoms with E-state index in [1.54, 1.807) is 44.2 Å². The van der Waals surface area contributed by atoms with Crippen LogP contribution in [0.4, 0.5) is 18.9 Å². The Kier molecular flexibility index (Phi) is 6.44. The highest BCUT2D eigenvalue weighted by atomic mass is 19.4. The van der Waals surface area contributed by atoms with Gasteiger partial charge in [-0.25, -0.2) is 0 Å². The summed E-state index contributed by atoms with van der Waals surface area (Å²) in [6.45, 7) is 3.55. The summed E-state index contributed by atoms with van der Waals surface area (Å²) in [6.07, 6.45) is -4.78. The molecular weight excluding hydrogens is 361 g/mol. The minimum Gasteiger partial charge on any atom is -0.406 e. The van der Waals surface area contributed by atoms with Gasteiger partial charge in [-0.1, -0.05) is 32.0 Å². The third-order valence-electron chi connectivity index (χ3n) is 3.63. The average molecular weight is 380 g/mol. The summed E-state index contributed by atoms with van der Waals surface area (Å²) in [5, 5.41) is 5.25. The van der Waals surface area contributed by atoms with Crippen LogP contribution in [0.5, 0.6) is 5.75 Å². The highest BCUT2D eigenvalue weighted by molar-refractivity contribution is 6.01. The molecule has 8 heteroatoms. The lowest BCUT2D eigenvalue weighted by Crippen LogP contribution is -2.47. The second-order valence-electron chi connectivity index (χ2n) is 6.12. The summed E-state index contributed by atoms with van der Waals surface area (Å²) in [5.41, 5.74) is 0.707. The predicted octanol–water partition coefficient (Wildman–Crippen LogP) is 3.98. The van der Waals surface area contributed by atoms with Crippen LogP contribution in [0.3, 0.4) is 0 Å². The van der Waals surface area contributed by atoms with Crippen LogP contribution in [0.2, 0.25) is 0 Å². The fourth-order valence-electron chi connectivity index (χ4n) is 2.31. The van der Waals surface area contributed by atoms with Gasteiger partial charge in [0.25, 0.3) is 5.91 Å². The van der Waals surface area contributed by atoms with Crippen molar-refractivity contribution in [1.29, 1.82) is 0 Å². The molecule has 0 spiro atoms. The van der Waals surface area contributed by atoms with E-state index in [0.717, 1.165) is 12.1 Å². The lowest BCUT2D eigenvalue weighted by Gasteiger charge is -2.22. The van der Waals surface area contributed by atoms with Gasteiger partial charge < -0.3 is 15.4 Å². The number of halogens is 3. The zero-order valence-corrected chi connectivity index (χ0v) is 14.7. The number of nitrogens with one attached hydrogen (secondary N) is 2. The first-order chi connectivity index (χ1) is 12.7. The van der Waals surface area contributed by atoms with Crippen LogP contribution in [-0.2, 0) is 4.79 Å². The first-order valence-electron chi connectivity index (χ1n) is 8.18. The summed E-state index contributed by atoms with van der Waals surface area (Å²) in [7, 11) is 0.